The van der Waals surface area contributed by atoms with Crippen molar-refractivity contribution in [2.45, 2.75) is 32.3 Å². The number of benzene rings is 2. The van der Waals surface area contributed by atoms with Gasteiger partial charge in [0.2, 0.25) is 0 Å². The highest BCUT2D eigenvalue weighted by Crippen LogP contribution is 2.25. The lowest BCUT2D eigenvalue weighted by Crippen LogP contribution is -2.22. The maximum Gasteiger partial charge on any atom is 0.338 e. The van der Waals surface area contributed by atoms with Gasteiger partial charge in [-0.3, -0.25) is 0 Å². The van der Waals surface area contributed by atoms with Crippen molar-refractivity contribution >= 4 is 5.97 Å². The topological polar surface area (TPSA) is 26.3 Å². The third kappa shape index (κ3) is 3.47. The highest BCUT2D eigenvalue weighted by atomic mass is 16.5. The second-order valence-electron chi connectivity index (χ2n) is 4.90. The Balaban J connectivity index is 2.07. The molecule has 2 atom stereocenters. The fourth-order valence-corrected chi connectivity index (χ4v) is 2.43. The van der Waals surface area contributed by atoms with Crippen molar-refractivity contribution in [2.24, 2.45) is 0 Å². The summed E-state index contributed by atoms with van der Waals surface area (Å²) in [7, 11) is 0. The van der Waals surface area contributed by atoms with Crippen LogP contribution >= 0.6 is 0 Å². The molecule has 0 aromatic heterocycles. The summed E-state index contributed by atoms with van der Waals surface area (Å²) in [5.74, 6) is -0.0312. The molecular formula is C18H20O2. The largest absolute Gasteiger partial charge is 0.458 e. The average Bonchev–Trinajstić information content (AvgIpc) is 2.50. The normalized spacial score (nSPS) is 13.5. The summed E-state index contributed by atoms with van der Waals surface area (Å²) in [5, 5.41) is 0. The third-order valence-corrected chi connectivity index (χ3v) is 3.54. The molecule has 0 saturated heterocycles. The average molecular weight is 268 g/mol. The lowest BCUT2D eigenvalue weighted by atomic mass is 9.92. The summed E-state index contributed by atoms with van der Waals surface area (Å²) in [6.45, 7) is 4.08. The molecule has 2 rings (SSSR count). The van der Waals surface area contributed by atoms with Crippen molar-refractivity contribution in [3.63, 3.8) is 0 Å². The molecule has 2 aromatic rings. The number of carbonyl (C=O) groups is 1. The first-order valence-corrected chi connectivity index (χ1v) is 7.03. The van der Waals surface area contributed by atoms with Gasteiger partial charge >= 0.3 is 5.97 Å². The Morgan fingerprint density at radius 1 is 1.00 bits per heavy atom. The smallest absolute Gasteiger partial charge is 0.338 e. The molecule has 0 aliphatic rings. The van der Waals surface area contributed by atoms with Gasteiger partial charge < -0.3 is 4.74 Å². The van der Waals surface area contributed by atoms with Gasteiger partial charge in [0.05, 0.1) is 5.56 Å². The van der Waals surface area contributed by atoms with E-state index < -0.39 is 0 Å². The minimum atomic E-state index is -0.257. The molecular weight excluding hydrogens is 248 g/mol. The minimum absolute atomic E-state index is 0.143. The summed E-state index contributed by atoms with van der Waals surface area (Å²) >= 11 is 0. The molecule has 0 saturated carbocycles. The minimum Gasteiger partial charge on any atom is -0.458 e. The number of hydrogen-bond donors (Lipinski definition) is 0. The number of esters is 1. The molecule has 0 aliphatic heterocycles. The lowest BCUT2D eigenvalue weighted by Gasteiger charge is -2.23. The third-order valence-electron chi connectivity index (χ3n) is 3.54. The van der Waals surface area contributed by atoms with Crippen LogP contribution in [0.5, 0.6) is 0 Å². The van der Waals surface area contributed by atoms with Crippen LogP contribution in [0.2, 0.25) is 0 Å². The first-order valence-electron chi connectivity index (χ1n) is 7.03. The Bertz CT molecular complexity index is 534. The van der Waals surface area contributed by atoms with Crippen molar-refractivity contribution in [3.8, 4) is 0 Å². The Hall–Kier alpha value is -2.09. The summed E-state index contributed by atoms with van der Waals surface area (Å²) in [5.41, 5.74) is 1.81. The van der Waals surface area contributed by atoms with E-state index in [1.165, 1.54) is 5.56 Å². The van der Waals surface area contributed by atoms with E-state index in [2.05, 4.69) is 19.1 Å². The molecule has 0 amide bonds. The Morgan fingerprint density at radius 2 is 1.55 bits per heavy atom. The zero-order valence-corrected chi connectivity index (χ0v) is 12.0. The summed E-state index contributed by atoms with van der Waals surface area (Å²) in [4.78, 5) is 12.1. The maximum atomic E-state index is 12.1. The van der Waals surface area contributed by atoms with Gasteiger partial charge in [0.15, 0.2) is 0 Å². The van der Waals surface area contributed by atoms with Crippen LogP contribution in [0.25, 0.3) is 0 Å². The molecule has 104 valence electrons. The monoisotopic (exact) mass is 268 g/mol. The highest BCUT2D eigenvalue weighted by molar-refractivity contribution is 5.89. The zero-order valence-electron chi connectivity index (χ0n) is 12.0. The second kappa shape index (κ2) is 6.90. The van der Waals surface area contributed by atoms with Gasteiger partial charge in [-0.15, -0.1) is 0 Å². The number of ether oxygens (including phenoxy) is 1. The molecule has 0 N–H and O–H groups in total. The van der Waals surface area contributed by atoms with Crippen LogP contribution in [-0.2, 0) is 4.74 Å². The quantitative estimate of drug-likeness (QED) is 0.750. The van der Waals surface area contributed by atoms with Crippen molar-refractivity contribution in [1.82, 2.24) is 0 Å². The van der Waals surface area contributed by atoms with Gasteiger partial charge in [-0.25, -0.2) is 4.79 Å². The highest BCUT2D eigenvalue weighted by Gasteiger charge is 2.21. The van der Waals surface area contributed by atoms with E-state index >= 15 is 0 Å². The van der Waals surface area contributed by atoms with Crippen LogP contribution in [0.4, 0.5) is 0 Å². The fraction of sp³-hybridized carbons (Fsp3) is 0.278. The molecule has 0 spiro atoms. The van der Waals surface area contributed by atoms with Gasteiger partial charge in [0, 0.05) is 5.92 Å². The molecule has 0 heterocycles. The molecule has 20 heavy (non-hydrogen) atoms. The Morgan fingerprint density at radius 3 is 2.10 bits per heavy atom. The van der Waals surface area contributed by atoms with Crippen LogP contribution in [0, 0.1) is 0 Å². The van der Waals surface area contributed by atoms with E-state index in [1.54, 1.807) is 12.1 Å². The Labute approximate surface area is 120 Å². The van der Waals surface area contributed by atoms with Crippen LogP contribution < -0.4 is 0 Å². The predicted molar refractivity (Wildman–Crippen MR) is 80.8 cm³/mol. The Kier molecular flexibility index (Phi) is 4.94. The van der Waals surface area contributed by atoms with Crippen LogP contribution in [0.1, 0.15) is 42.1 Å². The molecule has 2 aromatic carbocycles. The molecule has 0 bridgehead atoms. The van der Waals surface area contributed by atoms with Gasteiger partial charge in [-0.05, 0) is 31.0 Å². The fourth-order valence-electron chi connectivity index (χ4n) is 2.43. The van der Waals surface area contributed by atoms with E-state index in [1.807, 2.05) is 43.3 Å². The molecule has 0 fully saturated rings. The molecule has 0 radical (unpaired) electrons. The van der Waals surface area contributed by atoms with Crippen LogP contribution in [0.15, 0.2) is 60.7 Å². The van der Waals surface area contributed by atoms with Gasteiger partial charge in [-0.2, -0.15) is 0 Å². The van der Waals surface area contributed by atoms with Crippen molar-refractivity contribution in [3.05, 3.63) is 71.8 Å². The summed E-state index contributed by atoms with van der Waals surface area (Å²) in [6.07, 6.45) is 0.794. The van der Waals surface area contributed by atoms with Crippen LogP contribution in [-0.4, -0.2) is 12.1 Å². The number of rotatable bonds is 5. The SMILES string of the molecule is CC[C@@H](c1ccccc1)[C@@H](C)OC(=O)c1ccccc1. The first kappa shape index (κ1) is 14.3. The van der Waals surface area contributed by atoms with Crippen molar-refractivity contribution < 1.29 is 9.53 Å². The molecule has 2 heteroatoms. The number of carbonyl (C=O) groups excluding carboxylic acids is 1. The van der Waals surface area contributed by atoms with Gasteiger partial charge in [0.1, 0.15) is 6.10 Å². The standard InChI is InChI=1S/C18H20O2/c1-3-17(15-10-6-4-7-11-15)14(2)20-18(19)16-12-8-5-9-13-16/h4-14,17H,3H2,1-2H3/t14-,17-/m1/s1. The second-order valence-corrected chi connectivity index (χ2v) is 4.90. The number of hydrogen-bond acceptors (Lipinski definition) is 2. The predicted octanol–water partition coefficient (Wildman–Crippen LogP) is 4.43. The van der Waals surface area contributed by atoms with E-state index in [-0.39, 0.29) is 18.0 Å². The van der Waals surface area contributed by atoms with Gasteiger partial charge in [-0.1, -0.05) is 55.5 Å². The van der Waals surface area contributed by atoms with Crippen molar-refractivity contribution in [2.75, 3.05) is 0 Å². The van der Waals surface area contributed by atoms with E-state index in [4.69, 9.17) is 4.74 Å². The lowest BCUT2D eigenvalue weighted by molar-refractivity contribution is 0.0277. The van der Waals surface area contributed by atoms with Crippen LogP contribution in [0.3, 0.4) is 0 Å². The molecule has 0 aliphatic carbocycles. The zero-order chi connectivity index (χ0) is 14.4. The maximum absolute atomic E-state index is 12.1. The molecule has 0 unspecified atom stereocenters. The summed E-state index contributed by atoms with van der Waals surface area (Å²) < 4.78 is 5.60. The van der Waals surface area contributed by atoms with Gasteiger partial charge in [0.25, 0.3) is 0 Å². The van der Waals surface area contributed by atoms with E-state index in [9.17, 15) is 4.79 Å². The van der Waals surface area contributed by atoms with Crippen molar-refractivity contribution in [1.29, 1.82) is 0 Å². The van der Waals surface area contributed by atoms with E-state index in [0.717, 1.165) is 6.42 Å². The summed E-state index contributed by atoms with van der Waals surface area (Å²) in [6, 6.07) is 19.3. The first-order chi connectivity index (χ1) is 9.72. The van der Waals surface area contributed by atoms with E-state index in [0.29, 0.717) is 5.56 Å². The molecule has 2 nitrogen and oxygen atoms in total.